The largest absolute Gasteiger partial charge is 0.573 e. The number of benzene rings is 1. The highest BCUT2D eigenvalue weighted by atomic mass is 19.4. The molecule has 0 aliphatic carbocycles. The molecule has 13 heteroatoms. The molecule has 2 aromatic heterocycles. The Labute approximate surface area is 163 Å². The van der Waals surface area contributed by atoms with Crippen molar-refractivity contribution in [2.75, 3.05) is 0 Å². The summed E-state index contributed by atoms with van der Waals surface area (Å²) < 4.78 is 80.1. The SMILES string of the molecule is N#Cc1[nH]nnc1-c1cc(/C=C/c2nccc(C(F)(F)F)n2)cc(OC(F)(F)F)c1. The zero-order valence-corrected chi connectivity index (χ0v) is 14.5. The molecule has 30 heavy (non-hydrogen) atoms. The van der Waals surface area contributed by atoms with E-state index < -0.39 is 24.0 Å². The van der Waals surface area contributed by atoms with Gasteiger partial charge in [0.05, 0.1) is 0 Å². The summed E-state index contributed by atoms with van der Waals surface area (Å²) in [6.07, 6.45) is -6.50. The molecule has 7 nitrogen and oxygen atoms in total. The lowest BCUT2D eigenvalue weighted by atomic mass is 10.1. The lowest BCUT2D eigenvalue weighted by molar-refractivity contribution is -0.274. The van der Waals surface area contributed by atoms with Crippen LogP contribution >= 0.6 is 0 Å². The number of ether oxygens (including phenoxy) is 1. The molecule has 0 saturated heterocycles. The second kappa shape index (κ2) is 7.82. The average Bonchev–Trinajstić information content (AvgIpc) is 3.13. The molecule has 1 aromatic carbocycles. The predicted molar refractivity (Wildman–Crippen MR) is 89.2 cm³/mol. The van der Waals surface area contributed by atoms with Crippen molar-refractivity contribution in [2.45, 2.75) is 12.5 Å². The fourth-order valence-electron chi connectivity index (χ4n) is 2.34. The topological polar surface area (TPSA) is 100 Å². The maximum atomic E-state index is 12.7. The van der Waals surface area contributed by atoms with E-state index in [0.29, 0.717) is 6.07 Å². The van der Waals surface area contributed by atoms with Crippen molar-refractivity contribution < 1.29 is 31.1 Å². The van der Waals surface area contributed by atoms with Crippen molar-refractivity contribution in [1.29, 1.82) is 5.26 Å². The summed E-state index contributed by atoms with van der Waals surface area (Å²) in [5.74, 6) is -0.941. The minimum absolute atomic E-state index is 0.0323. The maximum Gasteiger partial charge on any atom is 0.573 e. The molecule has 3 aromatic rings. The van der Waals surface area contributed by atoms with Crippen molar-refractivity contribution in [3.8, 4) is 23.1 Å². The van der Waals surface area contributed by atoms with Gasteiger partial charge in [-0.05, 0) is 35.9 Å². The van der Waals surface area contributed by atoms with Gasteiger partial charge in [-0.1, -0.05) is 11.3 Å². The molecule has 0 bridgehead atoms. The van der Waals surface area contributed by atoms with E-state index in [1.54, 1.807) is 6.07 Å². The first-order valence-corrected chi connectivity index (χ1v) is 7.86. The van der Waals surface area contributed by atoms with Crippen LogP contribution in [-0.2, 0) is 6.18 Å². The molecule has 0 radical (unpaired) electrons. The number of hydrogen-bond donors (Lipinski definition) is 1. The molecule has 0 saturated carbocycles. The molecule has 0 atom stereocenters. The quantitative estimate of drug-likeness (QED) is 0.627. The van der Waals surface area contributed by atoms with E-state index in [4.69, 9.17) is 5.26 Å². The van der Waals surface area contributed by atoms with Crippen LogP contribution in [0.4, 0.5) is 26.3 Å². The van der Waals surface area contributed by atoms with Crippen molar-refractivity contribution in [2.24, 2.45) is 0 Å². The van der Waals surface area contributed by atoms with Crippen LogP contribution < -0.4 is 4.74 Å². The summed E-state index contributed by atoms with van der Waals surface area (Å²) in [6, 6.07) is 5.76. The number of aromatic amines is 1. The van der Waals surface area contributed by atoms with Gasteiger partial charge in [-0.2, -0.15) is 18.4 Å². The number of nitriles is 1. The van der Waals surface area contributed by atoms with Crippen LogP contribution in [0.25, 0.3) is 23.4 Å². The summed E-state index contributed by atoms with van der Waals surface area (Å²) in [5, 5.41) is 18.4. The molecule has 2 heterocycles. The molecule has 1 N–H and O–H groups in total. The lowest BCUT2D eigenvalue weighted by Gasteiger charge is -2.11. The summed E-state index contributed by atoms with van der Waals surface area (Å²) in [5.41, 5.74) is -1.15. The van der Waals surface area contributed by atoms with Gasteiger partial charge < -0.3 is 4.74 Å². The Morgan fingerprint density at radius 2 is 1.83 bits per heavy atom. The van der Waals surface area contributed by atoms with Gasteiger partial charge >= 0.3 is 12.5 Å². The van der Waals surface area contributed by atoms with Crippen molar-refractivity contribution in [1.82, 2.24) is 25.4 Å². The van der Waals surface area contributed by atoms with Crippen LogP contribution in [-0.4, -0.2) is 31.7 Å². The third-order valence-corrected chi connectivity index (χ3v) is 3.49. The summed E-state index contributed by atoms with van der Waals surface area (Å²) in [6.45, 7) is 0. The highest BCUT2D eigenvalue weighted by molar-refractivity contribution is 5.74. The normalized spacial score (nSPS) is 12.2. The van der Waals surface area contributed by atoms with Crippen molar-refractivity contribution in [3.63, 3.8) is 0 Å². The number of hydrogen-bond acceptors (Lipinski definition) is 6. The van der Waals surface area contributed by atoms with Crippen LogP contribution in [0, 0.1) is 11.3 Å². The Bertz CT molecular complexity index is 1130. The van der Waals surface area contributed by atoms with Crippen molar-refractivity contribution in [3.05, 3.63) is 53.2 Å². The fourth-order valence-corrected chi connectivity index (χ4v) is 2.34. The van der Waals surface area contributed by atoms with Crippen LogP contribution in [0.3, 0.4) is 0 Å². The Kier molecular flexibility index (Phi) is 5.41. The fraction of sp³-hybridized carbons (Fsp3) is 0.118. The minimum atomic E-state index is -4.99. The van der Waals surface area contributed by atoms with E-state index in [1.807, 2.05) is 0 Å². The smallest absolute Gasteiger partial charge is 0.406 e. The second-order valence-electron chi connectivity index (χ2n) is 5.62. The number of rotatable bonds is 4. The van der Waals surface area contributed by atoms with Crippen LogP contribution in [0.1, 0.15) is 22.8 Å². The van der Waals surface area contributed by atoms with Gasteiger partial charge in [0, 0.05) is 11.8 Å². The first-order valence-electron chi connectivity index (χ1n) is 7.86. The number of H-pyrrole nitrogens is 1. The van der Waals surface area contributed by atoms with E-state index >= 15 is 0 Å². The summed E-state index contributed by atoms with van der Waals surface area (Å²) in [4.78, 5) is 7.01. The van der Waals surface area contributed by atoms with Crippen molar-refractivity contribution >= 4 is 12.2 Å². The Morgan fingerprint density at radius 1 is 1.07 bits per heavy atom. The highest BCUT2D eigenvalue weighted by Crippen LogP contribution is 2.31. The Hall–Kier alpha value is -3.95. The van der Waals surface area contributed by atoms with E-state index in [1.165, 1.54) is 12.1 Å². The zero-order valence-electron chi connectivity index (χ0n) is 14.5. The monoisotopic (exact) mass is 426 g/mol. The molecule has 0 unspecified atom stereocenters. The van der Waals surface area contributed by atoms with Gasteiger partial charge in [-0.25, -0.2) is 15.1 Å². The van der Waals surface area contributed by atoms with Gasteiger partial charge in [-0.15, -0.1) is 18.3 Å². The van der Waals surface area contributed by atoms with E-state index in [0.717, 1.165) is 24.4 Å². The molecule has 0 spiro atoms. The standard InChI is InChI=1S/C17H8F6N6O/c18-16(19,20)13-3-4-25-14(26-13)2-1-9-5-10(15-12(8-24)27-29-28-15)7-11(6-9)30-17(21,22)23/h1-7H,(H,27,28,29)/b2-1+. The van der Waals surface area contributed by atoms with Gasteiger partial charge in [0.15, 0.2) is 11.5 Å². The minimum Gasteiger partial charge on any atom is -0.406 e. The lowest BCUT2D eigenvalue weighted by Crippen LogP contribution is -2.17. The second-order valence-corrected chi connectivity index (χ2v) is 5.62. The average molecular weight is 426 g/mol. The van der Waals surface area contributed by atoms with Crippen LogP contribution in [0.15, 0.2) is 30.5 Å². The number of nitrogens with one attached hydrogen (secondary N) is 1. The van der Waals surface area contributed by atoms with E-state index in [2.05, 4.69) is 30.1 Å². The van der Waals surface area contributed by atoms with Gasteiger partial charge in [0.1, 0.15) is 23.2 Å². The predicted octanol–water partition coefficient (Wildman–Crippen LogP) is 4.22. The third-order valence-electron chi connectivity index (χ3n) is 3.49. The molecule has 0 amide bonds. The summed E-state index contributed by atoms with van der Waals surface area (Å²) >= 11 is 0. The number of aromatic nitrogens is 5. The van der Waals surface area contributed by atoms with Crippen LogP contribution in [0.5, 0.6) is 5.75 Å². The number of alkyl halides is 6. The van der Waals surface area contributed by atoms with Gasteiger partial charge in [0.25, 0.3) is 0 Å². The Balaban J connectivity index is 2.02. The molecule has 154 valence electrons. The number of halogens is 6. The molecular formula is C17H8F6N6O. The third kappa shape index (κ3) is 5.10. The molecule has 0 aliphatic rings. The van der Waals surface area contributed by atoms with Gasteiger partial charge in [-0.3, -0.25) is 0 Å². The van der Waals surface area contributed by atoms with Crippen LogP contribution in [0.2, 0.25) is 0 Å². The molecule has 3 rings (SSSR count). The molecule has 0 fully saturated rings. The van der Waals surface area contributed by atoms with Gasteiger partial charge in [0.2, 0.25) is 0 Å². The first-order chi connectivity index (χ1) is 14.0. The maximum absolute atomic E-state index is 12.7. The van der Waals surface area contributed by atoms with E-state index in [-0.39, 0.29) is 28.3 Å². The summed E-state index contributed by atoms with van der Waals surface area (Å²) in [7, 11) is 0. The zero-order chi connectivity index (χ0) is 21.9. The first kappa shape index (κ1) is 20.8. The highest BCUT2D eigenvalue weighted by Gasteiger charge is 2.33. The number of nitrogens with zero attached hydrogens (tertiary/aromatic N) is 5. The Morgan fingerprint density at radius 3 is 2.50 bits per heavy atom. The molecular weight excluding hydrogens is 418 g/mol. The molecule has 0 aliphatic heterocycles. The van der Waals surface area contributed by atoms with E-state index in [9.17, 15) is 26.3 Å².